The maximum Gasteiger partial charge on any atom is 0.281 e. The molecule has 2 aromatic rings. The molecule has 0 aliphatic carbocycles. The fourth-order valence-electron chi connectivity index (χ4n) is 1.59. The second kappa shape index (κ2) is 5.54. The molecule has 0 aliphatic heterocycles. The first-order chi connectivity index (χ1) is 9.47. The van der Waals surface area contributed by atoms with Crippen LogP contribution in [0, 0.1) is 20.2 Å². The number of rotatable bonds is 4. The van der Waals surface area contributed by atoms with Crippen molar-refractivity contribution in [3.63, 3.8) is 0 Å². The Labute approximate surface area is 117 Å². The first-order valence-corrected chi connectivity index (χ1v) is 5.71. The Bertz CT molecular complexity index is 708. The van der Waals surface area contributed by atoms with E-state index < -0.39 is 9.85 Å². The molecule has 0 aliphatic rings. The molecule has 0 amide bonds. The van der Waals surface area contributed by atoms with Gasteiger partial charge in [0.25, 0.3) is 5.69 Å². The summed E-state index contributed by atoms with van der Waals surface area (Å²) in [6.07, 6.45) is 1.88. The van der Waals surface area contributed by atoms with E-state index in [0.29, 0.717) is 0 Å². The molecule has 0 fully saturated rings. The van der Waals surface area contributed by atoms with Crippen molar-refractivity contribution in [1.29, 1.82) is 0 Å². The number of nitro groups is 2. The van der Waals surface area contributed by atoms with Gasteiger partial charge in [-0.25, -0.2) is 0 Å². The van der Waals surface area contributed by atoms with E-state index in [4.69, 9.17) is 16.0 Å². The Hall–Kier alpha value is -2.67. The van der Waals surface area contributed by atoms with Gasteiger partial charge in [0.2, 0.25) is 6.20 Å². The van der Waals surface area contributed by atoms with E-state index in [0.717, 1.165) is 12.3 Å². The van der Waals surface area contributed by atoms with Crippen molar-refractivity contribution in [3.8, 4) is 11.3 Å². The van der Waals surface area contributed by atoms with Gasteiger partial charge in [-0.1, -0.05) is 11.6 Å². The molecule has 0 unspecified atom stereocenters. The quantitative estimate of drug-likeness (QED) is 0.631. The highest BCUT2D eigenvalue weighted by Gasteiger charge is 2.18. The molecule has 0 saturated carbocycles. The minimum absolute atomic E-state index is 0.198. The van der Waals surface area contributed by atoms with E-state index in [1.54, 1.807) is 0 Å². The topological polar surface area (TPSA) is 99.4 Å². The summed E-state index contributed by atoms with van der Waals surface area (Å²) >= 11 is 5.72. The van der Waals surface area contributed by atoms with Crippen LogP contribution in [0.25, 0.3) is 17.4 Å². The molecule has 0 spiro atoms. The minimum atomic E-state index is -0.632. The minimum Gasteiger partial charge on any atom is -0.456 e. The number of furan rings is 1. The SMILES string of the molecule is O=[N+]([O-])/C=C/c1ccc(-c2ccc(Cl)cc2[N+](=O)[O-])o1. The molecule has 8 heteroatoms. The molecule has 102 valence electrons. The molecule has 20 heavy (non-hydrogen) atoms. The summed E-state index contributed by atoms with van der Waals surface area (Å²) < 4.78 is 5.31. The lowest BCUT2D eigenvalue weighted by Crippen LogP contribution is -1.91. The molecule has 0 bridgehead atoms. The normalized spacial score (nSPS) is 10.8. The second-order valence-electron chi connectivity index (χ2n) is 3.72. The Kier molecular flexibility index (Phi) is 3.81. The average Bonchev–Trinajstić information content (AvgIpc) is 2.84. The lowest BCUT2D eigenvalue weighted by Gasteiger charge is -2.00. The third-order valence-corrected chi connectivity index (χ3v) is 2.64. The molecule has 0 atom stereocenters. The summed E-state index contributed by atoms with van der Waals surface area (Å²) in [5.41, 5.74) is 0.0526. The zero-order valence-electron chi connectivity index (χ0n) is 9.86. The van der Waals surface area contributed by atoms with Crippen LogP contribution in [0.5, 0.6) is 0 Å². The van der Waals surface area contributed by atoms with Gasteiger partial charge in [-0.15, -0.1) is 0 Å². The van der Waals surface area contributed by atoms with Gasteiger partial charge in [0.15, 0.2) is 0 Å². The summed E-state index contributed by atoms with van der Waals surface area (Å²) in [5, 5.41) is 21.4. The van der Waals surface area contributed by atoms with Crippen LogP contribution in [0.2, 0.25) is 5.02 Å². The van der Waals surface area contributed by atoms with E-state index in [1.165, 1.54) is 30.3 Å². The summed E-state index contributed by atoms with van der Waals surface area (Å²) in [5.74, 6) is 0.456. The first kappa shape index (κ1) is 13.8. The van der Waals surface area contributed by atoms with Gasteiger partial charge in [-0.05, 0) is 24.3 Å². The molecule has 2 rings (SSSR count). The standard InChI is InChI=1S/C12H7ClN2O5/c13-8-1-3-10(11(7-8)15(18)19)12-4-2-9(20-12)5-6-14(16)17/h1-7H/b6-5+. The Morgan fingerprint density at radius 2 is 1.90 bits per heavy atom. The molecule has 0 radical (unpaired) electrons. The number of nitro benzene ring substituents is 1. The number of hydrogen-bond acceptors (Lipinski definition) is 5. The number of halogens is 1. The monoisotopic (exact) mass is 294 g/mol. The second-order valence-corrected chi connectivity index (χ2v) is 4.16. The van der Waals surface area contributed by atoms with E-state index in [9.17, 15) is 20.2 Å². The summed E-state index contributed by atoms with van der Waals surface area (Å²) in [6, 6.07) is 7.15. The highest BCUT2D eigenvalue weighted by Crippen LogP contribution is 2.33. The van der Waals surface area contributed by atoms with E-state index in [-0.39, 0.29) is 27.8 Å². The van der Waals surface area contributed by atoms with Gasteiger partial charge in [0.05, 0.1) is 21.5 Å². The van der Waals surface area contributed by atoms with Gasteiger partial charge in [-0.2, -0.15) is 0 Å². The molecular formula is C12H7ClN2O5. The van der Waals surface area contributed by atoms with Gasteiger partial charge in [0, 0.05) is 11.1 Å². The summed E-state index contributed by atoms with van der Waals surface area (Å²) in [4.78, 5) is 20.0. The van der Waals surface area contributed by atoms with Crippen LogP contribution >= 0.6 is 11.6 Å². The van der Waals surface area contributed by atoms with Crippen molar-refractivity contribution >= 4 is 23.4 Å². The van der Waals surface area contributed by atoms with Crippen molar-refractivity contribution in [2.24, 2.45) is 0 Å². The zero-order valence-corrected chi connectivity index (χ0v) is 10.6. The molecule has 0 saturated heterocycles. The van der Waals surface area contributed by atoms with Gasteiger partial charge in [0.1, 0.15) is 11.5 Å². The van der Waals surface area contributed by atoms with E-state index >= 15 is 0 Å². The fourth-order valence-corrected chi connectivity index (χ4v) is 1.75. The van der Waals surface area contributed by atoms with E-state index in [2.05, 4.69) is 0 Å². The first-order valence-electron chi connectivity index (χ1n) is 5.33. The average molecular weight is 295 g/mol. The molecular weight excluding hydrogens is 288 g/mol. The van der Waals surface area contributed by atoms with Crippen LogP contribution in [0.3, 0.4) is 0 Å². The molecule has 1 heterocycles. The van der Waals surface area contributed by atoms with Crippen molar-refractivity contribution < 1.29 is 14.3 Å². The summed E-state index contributed by atoms with van der Waals surface area (Å²) in [6.45, 7) is 0. The van der Waals surface area contributed by atoms with E-state index in [1.807, 2.05) is 0 Å². The van der Waals surface area contributed by atoms with Crippen molar-refractivity contribution in [3.05, 3.63) is 67.5 Å². The largest absolute Gasteiger partial charge is 0.456 e. The predicted molar refractivity (Wildman–Crippen MR) is 71.8 cm³/mol. The summed E-state index contributed by atoms with van der Waals surface area (Å²) in [7, 11) is 0. The third kappa shape index (κ3) is 3.01. The Morgan fingerprint density at radius 1 is 1.15 bits per heavy atom. The lowest BCUT2D eigenvalue weighted by molar-refractivity contribution is -0.401. The van der Waals surface area contributed by atoms with Crippen LogP contribution < -0.4 is 0 Å². The molecule has 1 aromatic carbocycles. The van der Waals surface area contributed by atoms with Crippen LogP contribution in [0.15, 0.2) is 40.9 Å². The molecule has 1 aromatic heterocycles. The highest BCUT2D eigenvalue weighted by atomic mass is 35.5. The van der Waals surface area contributed by atoms with Crippen molar-refractivity contribution in [1.82, 2.24) is 0 Å². The van der Waals surface area contributed by atoms with Crippen LogP contribution in [-0.4, -0.2) is 9.85 Å². The smallest absolute Gasteiger partial charge is 0.281 e. The third-order valence-electron chi connectivity index (χ3n) is 2.41. The van der Waals surface area contributed by atoms with Crippen LogP contribution in [0.4, 0.5) is 5.69 Å². The van der Waals surface area contributed by atoms with Gasteiger partial charge >= 0.3 is 0 Å². The number of benzene rings is 1. The van der Waals surface area contributed by atoms with Crippen LogP contribution in [0.1, 0.15) is 5.76 Å². The zero-order chi connectivity index (χ0) is 14.7. The number of nitrogens with zero attached hydrogens (tertiary/aromatic N) is 2. The van der Waals surface area contributed by atoms with Crippen LogP contribution in [-0.2, 0) is 0 Å². The highest BCUT2D eigenvalue weighted by molar-refractivity contribution is 6.30. The Balaban J connectivity index is 2.42. The lowest BCUT2D eigenvalue weighted by atomic mass is 10.1. The fraction of sp³-hybridized carbons (Fsp3) is 0. The number of hydrogen-bond donors (Lipinski definition) is 0. The Morgan fingerprint density at radius 3 is 2.55 bits per heavy atom. The molecule has 7 nitrogen and oxygen atoms in total. The molecule has 0 N–H and O–H groups in total. The predicted octanol–water partition coefficient (Wildman–Crippen LogP) is 3.76. The van der Waals surface area contributed by atoms with Crippen molar-refractivity contribution in [2.75, 3.05) is 0 Å². The maximum absolute atomic E-state index is 11.0. The van der Waals surface area contributed by atoms with Gasteiger partial charge < -0.3 is 4.42 Å². The van der Waals surface area contributed by atoms with Crippen molar-refractivity contribution in [2.45, 2.75) is 0 Å². The van der Waals surface area contributed by atoms with Gasteiger partial charge in [-0.3, -0.25) is 20.2 Å². The maximum atomic E-state index is 11.0.